The van der Waals surface area contributed by atoms with Crippen LogP contribution in [0.5, 0.6) is 0 Å². The van der Waals surface area contributed by atoms with Gasteiger partial charge in [-0.05, 0) is 78.8 Å². The van der Waals surface area contributed by atoms with Gasteiger partial charge in [-0.25, -0.2) is 4.39 Å². The normalized spacial score (nSPS) is 22.4. The minimum atomic E-state index is -0.259. The number of nitrogens with zero attached hydrogens (tertiary/aromatic N) is 2. The molecule has 5 rings (SSSR count). The number of rotatable bonds is 9. The van der Waals surface area contributed by atoms with Gasteiger partial charge in [0.2, 0.25) is 0 Å². The molecule has 2 aliphatic rings. The van der Waals surface area contributed by atoms with E-state index in [1.54, 1.807) is 12.1 Å². The molecular formula is C31H37FN4O. The molecule has 0 aromatic heterocycles. The molecule has 2 N–H and O–H groups in total. The average Bonchev–Trinajstić information content (AvgIpc) is 2.89. The molecule has 1 aliphatic heterocycles. The summed E-state index contributed by atoms with van der Waals surface area (Å²) in [6.45, 7) is 7.22. The molecule has 3 aromatic carbocycles. The van der Waals surface area contributed by atoms with E-state index in [9.17, 15) is 4.39 Å². The Balaban J connectivity index is 1.40. The molecule has 0 bridgehead atoms. The molecule has 3 aromatic rings. The van der Waals surface area contributed by atoms with Gasteiger partial charge in [-0.3, -0.25) is 9.80 Å². The monoisotopic (exact) mass is 500 g/mol. The van der Waals surface area contributed by atoms with Gasteiger partial charge in [-0.2, -0.15) is 0 Å². The summed E-state index contributed by atoms with van der Waals surface area (Å²) >= 11 is 0. The first-order valence-corrected chi connectivity index (χ1v) is 13.2. The van der Waals surface area contributed by atoms with E-state index in [0.717, 1.165) is 62.5 Å². The lowest BCUT2D eigenvalue weighted by atomic mass is 9.81. The van der Waals surface area contributed by atoms with Crippen LogP contribution < -0.4 is 5.32 Å². The lowest BCUT2D eigenvalue weighted by molar-refractivity contribution is -0.0271. The Labute approximate surface area is 219 Å². The largest absolute Gasteiger partial charge is 0.381 e. The predicted octanol–water partition coefficient (Wildman–Crippen LogP) is 6.16. The van der Waals surface area contributed by atoms with E-state index < -0.39 is 0 Å². The Morgan fingerprint density at radius 2 is 1.81 bits per heavy atom. The topological polar surface area (TPSA) is 51.6 Å². The Morgan fingerprint density at radius 1 is 1.05 bits per heavy atom. The summed E-state index contributed by atoms with van der Waals surface area (Å²) in [5, 5.41) is 11.5. The van der Waals surface area contributed by atoms with Crippen LogP contribution in [-0.4, -0.2) is 55.4 Å². The van der Waals surface area contributed by atoms with Gasteiger partial charge < -0.3 is 15.5 Å². The first kappa shape index (κ1) is 25.6. The molecule has 1 saturated heterocycles. The van der Waals surface area contributed by atoms with Crippen LogP contribution in [0.15, 0.2) is 66.7 Å². The predicted molar refractivity (Wildman–Crippen MR) is 148 cm³/mol. The number of hydrogen-bond donors (Lipinski definition) is 2. The highest BCUT2D eigenvalue weighted by atomic mass is 19.1. The minimum absolute atomic E-state index is 0.259. The summed E-state index contributed by atoms with van der Waals surface area (Å²) in [7, 11) is 1.82. The maximum Gasteiger partial charge on any atom is 0.123 e. The number of piperazine rings is 1. The maximum atomic E-state index is 13.4. The summed E-state index contributed by atoms with van der Waals surface area (Å²) in [5.41, 5.74) is 6.34. The van der Waals surface area contributed by atoms with Crippen molar-refractivity contribution >= 4 is 17.6 Å². The molecule has 37 heavy (non-hydrogen) atoms. The third-order valence-electron chi connectivity index (χ3n) is 7.92. The van der Waals surface area contributed by atoms with Crippen LogP contribution in [0.25, 0.3) is 0 Å². The Morgan fingerprint density at radius 3 is 2.51 bits per heavy atom. The van der Waals surface area contributed by atoms with Crippen LogP contribution in [-0.2, 0) is 11.3 Å². The minimum Gasteiger partial charge on any atom is -0.381 e. The van der Waals surface area contributed by atoms with Crippen molar-refractivity contribution in [1.29, 1.82) is 5.41 Å². The highest BCUT2D eigenvalue weighted by Gasteiger charge is 2.35. The van der Waals surface area contributed by atoms with Crippen molar-refractivity contribution < 1.29 is 9.13 Å². The summed E-state index contributed by atoms with van der Waals surface area (Å²) in [4.78, 5) is 5.21. The molecule has 194 valence electrons. The SMILES string of the molecule is COC1CC(CN2CCN(Cc3ccccc3)CC2c2cc(C=N)c(Nc3ccc(F)cc3)cc2C)C1. The van der Waals surface area contributed by atoms with E-state index in [-0.39, 0.29) is 11.9 Å². The first-order valence-electron chi connectivity index (χ1n) is 13.2. The number of methoxy groups -OCH3 is 1. The van der Waals surface area contributed by atoms with Crippen LogP contribution in [0.1, 0.15) is 41.1 Å². The summed E-state index contributed by atoms with van der Waals surface area (Å²) in [5.74, 6) is 0.417. The summed E-state index contributed by atoms with van der Waals surface area (Å²) in [6, 6.07) is 21.6. The number of ether oxygens (including phenoxy) is 1. The molecule has 5 nitrogen and oxygen atoms in total. The lowest BCUT2D eigenvalue weighted by Crippen LogP contribution is -2.51. The molecular weight excluding hydrogens is 463 g/mol. The van der Waals surface area contributed by atoms with E-state index in [1.807, 2.05) is 7.11 Å². The maximum absolute atomic E-state index is 13.4. The third kappa shape index (κ3) is 6.09. The quantitative estimate of drug-likeness (QED) is 0.346. The highest BCUT2D eigenvalue weighted by Crippen LogP contribution is 2.36. The first-order chi connectivity index (χ1) is 18.0. The van der Waals surface area contributed by atoms with Crippen molar-refractivity contribution in [3.05, 3.63) is 94.8 Å². The number of aryl methyl sites for hydroxylation is 1. The average molecular weight is 501 g/mol. The second-order valence-corrected chi connectivity index (χ2v) is 10.5. The van der Waals surface area contributed by atoms with Gasteiger partial charge in [0.05, 0.1) is 6.10 Å². The fraction of sp³-hybridized carbons (Fsp3) is 0.387. The van der Waals surface area contributed by atoms with Gasteiger partial charge in [0.15, 0.2) is 0 Å². The number of nitrogens with one attached hydrogen (secondary N) is 2. The Kier molecular flexibility index (Phi) is 7.99. The third-order valence-corrected chi connectivity index (χ3v) is 7.92. The zero-order valence-corrected chi connectivity index (χ0v) is 21.8. The van der Waals surface area contributed by atoms with Crippen LogP contribution in [0.3, 0.4) is 0 Å². The second kappa shape index (κ2) is 11.5. The van der Waals surface area contributed by atoms with E-state index in [1.165, 1.54) is 35.0 Å². The van der Waals surface area contributed by atoms with E-state index in [2.05, 4.69) is 64.5 Å². The van der Waals surface area contributed by atoms with Gasteiger partial charge in [-0.15, -0.1) is 0 Å². The Hall–Kier alpha value is -3.06. The zero-order chi connectivity index (χ0) is 25.8. The van der Waals surface area contributed by atoms with Gasteiger partial charge in [0.1, 0.15) is 5.82 Å². The summed E-state index contributed by atoms with van der Waals surface area (Å²) in [6.07, 6.45) is 4.10. The fourth-order valence-corrected chi connectivity index (χ4v) is 5.74. The van der Waals surface area contributed by atoms with E-state index in [4.69, 9.17) is 10.1 Å². The molecule has 0 spiro atoms. The number of halogens is 1. The Bertz CT molecular complexity index is 1190. The van der Waals surface area contributed by atoms with Crippen molar-refractivity contribution in [2.24, 2.45) is 5.92 Å². The van der Waals surface area contributed by atoms with Gasteiger partial charge in [0, 0.05) is 69.0 Å². The van der Waals surface area contributed by atoms with E-state index >= 15 is 0 Å². The molecule has 2 fully saturated rings. The zero-order valence-electron chi connectivity index (χ0n) is 21.8. The van der Waals surface area contributed by atoms with Crippen molar-refractivity contribution in [2.45, 2.75) is 38.5 Å². The van der Waals surface area contributed by atoms with Crippen molar-refractivity contribution in [1.82, 2.24) is 9.80 Å². The second-order valence-electron chi connectivity index (χ2n) is 10.5. The molecule has 1 saturated carbocycles. The number of hydrogen-bond acceptors (Lipinski definition) is 5. The lowest BCUT2D eigenvalue weighted by Gasteiger charge is -2.46. The van der Waals surface area contributed by atoms with Crippen molar-refractivity contribution in [3.8, 4) is 0 Å². The molecule has 0 radical (unpaired) electrons. The van der Waals surface area contributed by atoms with Crippen molar-refractivity contribution in [3.63, 3.8) is 0 Å². The van der Waals surface area contributed by atoms with Gasteiger partial charge in [-0.1, -0.05) is 30.3 Å². The van der Waals surface area contributed by atoms with E-state index in [0.29, 0.717) is 12.0 Å². The molecule has 0 amide bonds. The standard InChI is InChI=1S/C31H37FN4O/c1-22-14-30(34-27-10-8-26(32)9-11-27)25(18-33)17-29(22)31-21-35(19-23-6-4-3-5-7-23)12-13-36(31)20-24-15-28(16-24)37-2/h3-11,14,17-18,24,28,31,33-34H,12-13,15-16,19-21H2,1-2H3. The molecule has 6 heteroatoms. The van der Waals surface area contributed by atoms with Crippen LogP contribution in [0, 0.1) is 24.1 Å². The van der Waals surface area contributed by atoms with Crippen molar-refractivity contribution in [2.75, 3.05) is 38.6 Å². The fourth-order valence-electron chi connectivity index (χ4n) is 5.74. The van der Waals surface area contributed by atoms with Crippen LogP contribution in [0.2, 0.25) is 0 Å². The van der Waals surface area contributed by atoms with Gasteiger partial charge >= 0.3 is 0 Å². The van der Waals surface area contributed by atoms with Gasteiger partial charge in [0.25, 0.3) is 0 Å². The number of benzene rings is 3. The van der Waals surface area contributed by atoms with Crippen LogP contribution in [0.4, 0.5) is 15.8 Å². The molecule has 1 atom stereocenters. The molecule has 1 aliphatic carbocycles. The molecule has 1 heterocycles. The summed E-state index contributed by atoms with van der Waals surface area (Å²) < 4.78 is 18.9. The molecule has 1 unspecified atom stereocenters. The van der Waals surface area contributed by atoms with Crippen LogP contribution >= 0.6 is 0 Å². The number of anilines is 2. The highest BCUT2D eigenvalue weighted by molar-refractivity contribution is 5.88. The smallest absolute Gasteiger partial charge is 0.123 e.